The zero-order valence-electron chi connectivity index (χ0n) is 18.8. The SMILES string of the molecule is [2H]C1(c2ccc(C(/C=C(\C)c3ccccc3)=C/C=N)cc2)CC(C)(C)C(C)(C)C1. The second-order valence-electron chi connectivity index (χ2n) is 9.28. The molecule has 2 aromatic carbocycles. The van der Waals surface area contributed by atoms with Crippen LogP contribution in [-0.2, 0) is 0 Å². The van der Waals surface area contributed by atoms with E-state index in [4.69, 9.17) is 6.78 Å². The van der Waals surface area contributed by atoms with Gasteiger partial charge >= 0.3 is 0 Å². The molecule has 1 saturated carbocycles. The van der Waals surface area contributed by atoms with E-state index >= 15 is 0 Å². The van der Waals surface area contributed by atoms with Gasteiger partial charge in [0.1, 0.15) is 0 Å². The zero-order chi connectivity index (χ0) is 21.3. The first kappa shape index (κ1) is 18.9. The minimum atomic E-state index is -0.535. The molecule has 0 aliphatic heterocycles. The quantitative estimate of drug-likeness (QED) is 0.410. The predicted molar refractivity (Wildman–Crippen MR) is 123 cm³/mol. The fraction of sp³-hybridized carbons (Fsp3) is 0.370. The van der Waals surface area contributed by atoms with Crippen LogP contribution in [0, 0.1) is 16.2 Å². The van der Waals surface area contributed by atoms with Gasteiger partial charge in [0.2, 0.25) is 0 Å². The highest BCUT2D eigenvalue weighted by atomic mass is 14.5. The third-order valence-corrected chi connectivity index (χ3v) is 6.63. The summed E-state index contributed by atoms with van der Waals surface area (Å²) in [7, 11) is 0. The highest BCUT2D eigenvalue weighted by molar-refractivity contribution is 5.91. The first-order valence-corrected chi connectivity index (χ1v) is 10.1. The summed E-state index contributed by atoms with van der Waals surface area (Å²) in [6.45, 7) is 11.3. The molecule has 0 amide bonds. The lowest BCUT2D eigenvalue weighted by molar-refractivity contribution is 0.157. The van der Waals surface area contributed by atoms with Gasteiger partial charge in [0.15, 0.2) is 0 Å². The van der Waals surface area contributed by atoms with E-state index in [1.807, 2.05) is 24.3 Å². The van der Waals surface area contributed by atoms with Crippen LogP contribution in [0.4, 0.5) is 0 Å². The van der Waals surface area contributed by atoms with Crippen molar-refractivity contribution in [3.8, 4) is 0 Å². The third-order valence-electron chi connectivity index (χ3n) is 6.63. The molecule has 0 spiro atoms. The first-order valence-electron chi connectivity index (χ1n) is 10.6. The fourth-order valence-corrected chi connectivity index (χ4v) is 4.05. The highest BCUT2D eigenvalue weighted by Gasteiger charge is 2.46. The topological polar surface area (TPSA) is 23.9 Å². The van der Waals surface area contributed by atoms with Crippen LogP contribution in [0.1, 0.15) is 71.4 Å². The molecule has 0 bridgehead atoms. The minimum Gasteiger partial charge on any atom is -0.309 e. The number of hydrogen-bond acceptors (Lipinski definition) is 1. The maximum Gasteiger partial charge on any atom is 0.0353 e. The molecule has 0 atom stereocenters. The van der Waals surface area contributed by atoms with E-state index in [1.54, 1.807) is 0 Å². The molecule has 28 heavy (non-hydrogen) atoms. The molecule has 1 fully saturated rings. The summed E-state index contributed by atoms with van der Waals surface area (Å²) in [5, 5.41) is 7.57. The molecule has 0 aromatic heterocycles. The summed E-state index contributed by atoms with van der Waals surface area (Å²) in [5.41, 5.74) is 5.83. The van der Waals surface area contributed by atoms with Gasteiger partial charge in [-0.25, -0.2) is 0 Å². The lowest BCUT2D eigenvalue weighted by Gasteiger charge is -2.34. The van der Waals surface area contributed by atoms with E-state index in [9.17, 15) is 0 Å². The molecule has 0 saturated heterocycles. The molecule has 146 valence electrons. The Morgan fingerprint density at radius 3 is 2.04 bits per heavy atom. The summed E-state index contributed by atoms with van der Waals surface area (Å²) >= 11 is 0. The molecule has 1 aliphatic rings. The molecule has 2 aromatic rings. The Balaban J connectivity index is 1.90. The normalized spacial score (nSPS) is 21.2. The van der Waals surface area contributed by atoms with Gasteiger partial charge in [-0.3, -0.25) is 0 Å². The number of rotatable bonds is 5. The number of benzene rings is 2. The van der Waals surface area contributed by atoms with Gasteiger partial charge in [-0.2, -0.15) is 0 Å². The highest BCUT2D eigenvalue weighted by Crippen LogP contribution is 2.57. The van der Waals surface area contributed by atoms with Crippen LogP contribution in [0.5, 0.6) is 0 Å². The Bertz CT molecular complexity index is 914. The van der Waals surface area contributed by atoms with Gasteiger partial charge < -0.3 is 5.41 Å². The van der Waals surface area contributed by atoms with Gasteiger partial charge in [-0.1, -0.05) is 88.4 Å². The van der Waals surface area contributed by atoms with Crippen molar-refractivity contribution in [1.29, 1.82) is 5.41 Å². The minimum absolute atomic E-state index is 0.147. The number of nitrogens with one attached hydrogen (secondary N) is 1. The standard InChI is InChI=1S/C27H33N/c1-20(21-9-7-6-8-10-21)17-24(15-16-28)22-11-13-23(14-12-22)25-18-26(2,3)27(4,5)19-25/h6-17,25,28H,18-19H2,1-5H3/b20-17+,24-15+,28-16?/i25D. The van der Waals surface area contributed by atoms with E-state index in [-0.39, 0.29) is 10.8 Å². The Morgan fingerprint density at radius 2 is 1.50 bits per heavy atom. The van der Waals surface area contributed by atoms with Gasteiger partial charge in [0.05, 0.1) is 0 Å². The Morgan fingerprint density at radius 1 is 0.929 bits per heavy atom. The Hall–Kier alpha value is -2.41. The molecule has 0 unspecified atom stereocenters. The van der Waals surface area contributed by atoms with E-state index in [2.05, 4.69) is 77.1 Å². The molecule has 1 aliphatic carbocycles. The second-order valence-corrected chi connectivity index (χ2v) is 9.28. The van der Waals surface area contributed by atoms with Crippen molar-refractivity contribution in [2.75, 3.05) is 0 Å². The van der Waals surface area contributed by atoms with Crippen molar-refractivity contribution >= 4 is 17.4 Å². The summed E-state index contributed by atoms with van der Waals surface area (Å²) < 4.78 is 9.15. The lowest BCUT2D eigenvalue weighted by atomic mass is 9.71. The Kier molecular flexibility index (Phi) is 5.35. The van der Waals surface area contributed by atoms with Gasteiger partial charge in [0.25, 0.3) is 0 Å². The van der Waals surface area contributed by atoms with Crippen molar-refractivity contribution in [1.82, 2.24) is 0 Å². The Labute approximate surface area is 172 Å². The zero-order valence-corrected chi connectivity index (χ0v) is 17.8. The van der Waals surface area contributed by atoms with Gasteiger partial charge in [-0.15, -0.1) is 0 Å². The van der Waals surface area contributed by atoms with Crippen molar-refractivity contribution in [3.05, 3.63) is 83.4 Å². The number of allylic oxidation sites excluding steroid dienone is 4. The predicted octanol–water partition coefficient (Wildman–Crippen LogP) is 7.75. The van der Waals surface area contributed by atoms with E-state index < -0.39 is 5.89 Å². The van der Waals surface area contributed by atoms with E-state index in [1.165, 1.54) is 17.4 Å². The van der Waals surface area contributed by atoms with E-state index in [0.29, 0.717) is 0 Å². The van der Waals surface area contributed by atoms with Crippen molar-refractivity contribution < 1.29 is 1.37 Å². The maximum atomic E-state index is 9.15. The molecule has 1 N–H and O–H groups in total. The van der Waals surface area contributed by atoms with Crippen LogP contribution in [0.2, 0.25) is 0 Å². The maximum absolute atomic E-state index is 9.15. The van der Waals surface area contributed by atoms with E-state index in [0.717, 1.165) is 29.5 Å². The number of hydrogen-bond donors (Lipinski definition) is 1. The van der Waals surface area contributed by atoms with Crippen molar-refractivity contribution in [2.45, 2.75) is 53.4 Å². The molecule has 3 rings (SSSR count). The lowest BCUT2D eigenvalue weighted by Crippen LogP contribution is -2.25. The van der Waals surface area contributed by atoms with Gasteiger partial charge in [0, 0.05) is 7.59 Å². The average Bonchev–Trinajstić information content (AvgIpc) is 2.85. The van der Waals surface area contributed by atoms with Crippen LogP contribution in [0.3, 0.4) is 0 Å². The summed E-state index contributed by atoms with van der Waals surface area (Å²) in [4.78, 5) is 0. The molecular formula is C27H33N. The smallest absolute Gasteiger partial charge is 0.0353 e. The average molecular weight is 373 g/mol. The summed E-state index contributed by atoms with van der Waals surface area (Å²) in [6.07, 6.45) is 7.06. The van der Waals surface area contributed by atoms with Crippen molar-refractivity contribution in [2.24, 2.45) is 10.8 Å². The molecular weight excluding hydrogens is 338 g/mol. The molecule has 0 heterocycles. The second kappa shape index (κ2) is 7.91. The monoisotopic (exact) mass is 372 g/mol. The van der Waals surface area contributed by atoms with Crippen molar-refractivity contribution in [3.63, 3.8) is 0 Å². The van der Waals surface area contributed by atoms with Crippen LogP contribution in [0.15, 0.2) is 66.7 Å². The third kappa shape index (κ3) is 4.19. The van der Waals surface area contributed by atoms with Crippen LogP contribution < -0.4 is 0 Å². The van der Waals surface area contributed by atoms with Gasteiger partial charge in [-0.05, 0) is 70.4 Å². The molecule has 1 nitrogen and oxygen atoms in total. The fourth-order valence-electron chi connectivity index (χ4n) is 4.05. The summed E-state index contributed by atoms with van der Waals surface area (Å²) in [5.74, 6) is -0.535. The molecule has 0 radical (unpaired) electrons. The van der Waals surface area contributed by atoms with Crippen LogP contribution in [-0.4, -0.2) is 6.21 Å². The van der Waals surface area contributed by atoms with Crippen LogP contribution in [0.25, 0.3) is 11.1 Å². The van der Waals surface area contributed by atoms with Crippen LogP contribution >= 0.6 is 0 Å². The summed E-state index contributed by atoms with van der Waals surface area (Å²) in [6, 6.07) is 18.7. The first-order chi connectivity index (χ1) is 13.6. The molecule has 1 heteroatoms. The largest absolute Gasteiger partial charge is 0.309 e.